The third-order valence-electron chi connectivity index (χ3n) is 7.33. The second-order valence-corrected chi connectivity index (χ2v) is 8.82. The van der Waals surface area contributed by atoms with Gasteiger partial charge >= 0.3 is 0 Å². The summed E-state index contributed by atoms with van der Waals surface area (Å²) in [5, 5.41) is 0. The van der Waals surface area contributed by atoms with Crippen molar-refractivity contribution < 1.29 is 9.59 Å². The zero-order valence-corrected chi connectivity index (χ0v) is 15.0. The lowest BCUT2D eigenvalue weighted by Gasteiger charge is -2.61. The van der Waals surface area contributed by atoms with Crippen LogP contribution in [0.1, 0.15) is 59.8 Å². The number of aldehydes is 2. The number of hydrogen-bond donors (Lipinski definition) is 0. The van der Waals surface area contributed by atoms with Gasteiger partial charge in [0.25, 0.3) is 0 Å². The van der Waals surface area contributed by atoms with Crippen LogP contribution in [0.5, 0.6) is 0 Å². The summed E-state index contributed by atoms with van der Waals surface area (Å²) in [6.45, 7) is 9.16. The Bertz CT molecular complexity index is 568. The van der Waals surface area contributed by atoms with E-state index in [1.54, 1.807) is 0 Å². The Hall–Kier alpha value is -1.18. The molecule has 23 heavy (non-hydrogen) atoms. The number of hydrogen-bond acceptors (Lipinski definition) is 2. The van der Waals surface area contributed by atoms with E-state index in [9.17, 15) is 9.59 Å². The average molecular weight is 314 g/mol. The SMILES string of the molecule is CC1=C[C@]23C(C=O)CCC(C)(C)[C@@H]2CC[C@H](C)[C@@H]3CC=C1C=O. The summed E-state index contributed by atoms with van der Waals surface area (Å²) in [6.07, 6.45) is 12.2. The highest BCUT2D eigenvalue weighted by atomic mass is 16.1. The maximum atomic E-state index is 12.0. The van der Waals surface area contributed by atoms with Gasteiger partial charge in [0.1, 0.15) is 12.6 Å². The fourth-order valence-electron chi connectivity index (χ4n) is 6.14. The Labute approximate surface area is 140 Å². The van der Waals surface area contributed by atoms with E-state index in [2.05, 4.69) is 39.8 Å². The normalized spacial score (nSPS) is 42.4. The fraction of sp³-hybridized carbons (Fsp3) is 0.714. The summed E-state index contributed by atoms with van der Waals surface area (Å²) >= 11 is 0. The molecule has 2 heteroatoms. The van der Waals surface area contributed by atoms with Gasteiger partial charge < -0.3 is 4.79 Å². The van der Waals surface area contributed by atoms with Gasteiger partial charge in [-0.25, -0.2) is 0 Å². The first-order chi connectivity index (χ1) is 10.9. The van der Waals surface area contributed by atoms with E-state index in [0.29, 0.717) is 17.8 Å². The van der Waals surface area contributed by atoms with Crippen molar-refractivity contribution in [2.75, 3.05) is 0 Å². The predicted octanol–water partition coefficient (Wildman–Crippen LogP) is 4.75. The third-order valence-corrected chi connectivity index (χ3v) is 7.33. The molecule has 126 valence electrons. The van der Waals surface area contributed by atoms with Gasteiger partial charge in [-0.15, -0.1) is 0 Å². The first-order valence-electron chi connectivity index (χ1n) is 9.17. The highest BCUT2D eigenvalue weighted by Gasteiger charge is 2.59. The van der Waals surface area contributed by atoms with Crippen molar-refractivity contribution in [3.05, 3.63) is 23.3 Å². The maximum absolute atomic E-state index is 12.0. The van der Waals surface area contributed by atoms with Crippen molar-refractivity contribution in [3.63, 3.8) is 0 Å². The summed E-state index contributed by atoms with van der Waals surface area (Å²) in [5.74, 6) is 1.72. The summed E-state index contributed by atoms with van der Waals surface area (Å²) in [5.41, 5.74) is 2.10. The third kappa shape index (κ3) is 2.37. The highest BCUT2D eigenvalue weighted by Crippen LogP contribution is 2.65. The number of carbonyl (C=O) groups is 2. The smallest absolute Gasteiger partial charge is 0.149 e. The van der Waals surface area contributed by atoms with Gasteiger partial charge in [-0.3, -0.25) is 4.79 Å². The van der Waals surface area contributed by atoms with E-state index >= 15 is 0 Å². The molecule has 3 rings (SSSR count). The summed E-state index contributed by atoms with van der Waals surface area (Å²) < 4.78 is 0. The monoisotopic (exact) mass is 314 g/mol. The first-order valence-corrected chi connectivity index (χ1v) is 9.17. The van der Waals surface area contributed by atoms with Crippen LogP contribution in [0.15, 0.2) is 23.3 Å². The molecule has 0 aromatic heterocycles. The fourth-order valence-corrected chi connectivity index (χ4v) is 6.14. The van der Waals surface area contributed by atoms with Crippen LogP contribution in [-0.4, -0.2) is 12.6 Å². The van der Waals surface area contributed by atoms with Gasteiger partial charge in [0, 0.05) is 16.9 Å². The van der Waals surface area contributed by atoms with Crippen molar-refractivity contribution in [2.24, 2.45) is 34.5 Å². The van der Waals surface area contributed by atoms with Crippen molar-refractivity contribution >= 4 is 12.6 Å². The molecule has 0 amide bonds. The van der Waals surface area contributed by atoms with Crippen molar-refractivity contribution in [1.82, 2.24) is 0 Å². The van der Waals surface area contributed by atoms with Crippen LogP contribution < -0.4 is 0 Å². The van der Waals surface area contributed by atoms with E-state index in [0.717, 1.165) is 36.7 Å². The van der Waals surface area contributed by atoms with Gasteiger partial charge in [0.2, 0.25) is 0 Å². The molecule has 0 heterocycles. The molecule has 0 aromatic carbocycles. The van der Waals surface area contributed by atoms with Crippen LogP contribution in [0, 0.1) is 34.5 Å². The van der Waals surface area contributed by atoms with Crippen LogP contribution in [0.2, 0.25) is 0 Å². The maximum Gasteiger partial charge on any atom is 0.149 e. The van der Waals surface area contributed by atoms with Gasteiger partial charge in [-0.2, -0.15) is 0 Å². The molecular formula is C21H30O2. The minimum atomic E-state index is -0.0630. The van der Waals surface area contributed by atoms with Gasteiger partial charge in [-0.1, -0.05) is 39.3 Å². The Morgan fingerprint density at radius 2 is 1.91 bits per heavy atom. The van der Waals surface area contributed by atoms with E-state index in [1.165, 1.54) is 19.1 Å². The second kappa shape index (κ2) is 5.72. The molecule has 0 N–H and O–H groups in total. The van der Waals surface area contributed by atoms with Crippen LogP contribution >= 0.6 is 0 Å². The number of rotatable bonds is 2. The Kier molecular flexibility index (Phi) is 4.14. The quantitative estimate of drug-likeness (QED) is 0.690. The largest absolute Gasteiger partial charge is 0.303 e. The molecule has 2 saturated carbocycles. The van der Waals surface area contributed by atoms with Crippen LogP contribution in [-0.2, 0) is 9.59 Å². The molecule has 0 aliphatic heterocycles. The molecular weight excluding hydrogens is 284 g/mol. The number of carbonyl (C=O) groups excluding carboxylic acids is 2. The van der Waals surface area contributed by atoms with Crippen molar-refractivity contribution in [1.29, 1.82) is 0 Å². The Balaban J connectivity index is 2.21. The molecule has 2 nitrogen and oxygen atoms in total. The van der Waals surface area contributed by atoms with E-state index in [1.807, 2.05) is 0 Å². The van der Waals surface area contributed by atoms with Crippen LogP contribution in [0.25, 0.3) is 0 Å². The van der Waals surface area contributed by atoms with E-state index < -0.39 is 0 Å². The molecule has 0 bridgehead atoms. The zero-order chi connectivity index (χ0) is 16.8. The molecule has 0 saturated heterocycles. The number of allylic oxidation sites excluding steroid dienone is 4. The standard InChI is InChI=1S/C21H30O2/c1-14-5-8-19-20(3,4)10-9-17(13-23)21(19)11-15(2)16(12-22)6-7-18(14)21/h6,11-14,17-19H,5,7-10H2,1-4H3/t14-,17?,18-,19-,21+/m0/s1. The van der Waals surface area contributed by atoms with Crippen molar-refractivity contribution in [3.8, 4) is 0 Å². The lowest BCUT2D eigenvalue weighted by atomic mass is 9.42. The Morgan fingerprint density at radius 1 is 1.17 bits per heavy atom. The van der Waals surface area contributed by atoms with E-state index in [-0.39, 0.29) is 16.7 Å². The lowest BCUT2D eigenvalue weighted by Crippen LogP contribution is -2.56. The van der Waals surface area contributed by atoms with Gasteiger partial charge in [-0.05, 0) is 61.3 Å². The summed E-state index contributed by atoms with van der Waals surface area (Å²) in [4.78, 5) is 23.5. The average Bonchev–Trinajstić information content (AvgIpc) is 2.64. The molecule has 2 fully saturated rings. The predicted molar refractivity (Wildman–Crippen MR) is 92.9 cm³/mol. The van der Waals surface area contributed by atoms with Gasteiger partial charge in [0.05, 0.1) is 0 Å². The minimum Gasteiger partial charge on any atom is -0.303 e. The first kappa shape index (κ1) is 16.7. The molecule has 3 aliphatic rings. The van der Waals surface area contributed by atoms with Crippen LogP contribution in [0.3, 0.4) is 0 Å². The highest BCUT2D eigenvalue weighted by molar-refractivity contribution is 5.80. The molecule has 5 atom stereocenters. The summed E-state index contributed by atoms with van der Waals surface area (Å²) in [7, 11) is 0. The molecule has 0 radical (unpaired) electrons. The molecule has 1 unspecified atom stereocenters. The van der Waals surface area contributed by atoms with Gasteiger partial charge in [0.15, 0.2) is 0 Å². The second-order valence-electron chi connectivity index (χ2n) is 8.82. The van der Waals surface area contributed by atoms with Crippen molar-refractivity contribution in [2.45, 2.75) is 59.8 Å². The molecule has 0 aromatic rings. The Morgan fingerprint density at radius 3 is 2.57 bits per heavy atom. The van der Waals surface area contributed by atoms with Crippen LogP contribution in [0.4, 0.5) is 0 Å². The minimum absolute atomic E-state index is 0.0630. The molecule has 3 aliphatic carbocycles. The zero-order valence-electron chi connectivity index (χ0n) is 15.0. The lowest BCUT2D eigenvalue weighted by molar-refractivity contribution is -0.137. The van der Waals surface area contributed by atoms with E-state index in [4.69, 9.17) is 0 Å². The molecule has 1 spiro atoms. The topological polar surface area (TPSA) is 34.1 Å². The summed E-state index contributed by atoms with van der Waals surface area (Å²) in [6, 6.07) is 0.